The molecule has 1 aromatic carbocycles. The molecule has 1 amide bonds. The molecule has 0 saturated heterocycles. The molecule has 0 atom stereocenters. The highest BCUT2D eigenvalue weighted by atomic mass is 16.5. The van der Waals surface area contributed by atoms with Crippen molar-refractivity contribution in [1.29, 1.82) is 0 Å². The average Bonchev–Trinajstić information content (AvgIpc) is 2.24. The van der Waals surface area contributed by atoms with Crippen molar-refractivity contribution >= 4 is 5.91 Å². The molecule has 0 aliphatic rings. The number of amides is 1. The molecule has 0 aliphatic heterocycles. The lowest BCUT2D eigenvalue weighted by Crippen LogP contribution is -2.21. The Kier molecular flexibility index (Phi) is 4.79. The van der Waals surface area contributed by atoms with Gasteiger partial charge in [0, 0.05) is 19.5 Å². The van der Waals surface area contributed by atoms with E-state index in [2.05, 4.69) is 11.4 Å². The number of methoxy groups -OCH3 is 1. The SMILES string of the molecule is COc1ccc(CNCCC(N)=O)cc1C. The standard InChI is InChI=1S/C12H18N2O2/c1-9-7-10(3-4-11(9)16-2)8-14-6-5-12(13)15/h3-4,7,14H,5-6,8H2,1-2H3,(H2,13,15). The Morgan fingerprint density at radius 1 is 1.50 bits per heavy atom. The summed E-state index contributed by atoms with van der Waals surface area (Å²) in [7, 11) is 1.66. The minimum atomic E-state index is -0.279. The third-order valence-corrected chi connectivity index (χ3v) is 2.34. The first-order valence-electron chi connectivity index (χ1n) is 5.26. The molecule has 16 heavy (non-hydrogen) atoms. The second-order valence-corrected chi connectivity index (χ2v) is 3.70. The van der Waals surface area contributed by atoms with E-state index in [1.165, 1.54) is 5.56 Å². The van der Waals surface area contributed by atoms with Crippen LogP contribution in [0, 0.1) is 6.92 Å². The van der Waals surface area contributed by atoms with Crippen LogP contribution in [0.4, 0.5) is 0 Å². The number of rotatable bonds is 6. The number of hydrogen-bond acceptors (Lipinski definition) is 3. The van der Waals surface area contributed by atoms with Crippen molar-refractivity contribution in [2.24, 2.45) is 5.73 Å². The van der Waals surface area contributed by atoms with Gasteiger partial charge in [-0.15, -0.1) is 0 Å². The number of nitrogens with one attached hydrogen (secondary N) is 1. The second kappa shape index (κ2) is 6.12. The third kappa shape index (κ3) is 3.90. The van der Waals surface area contributed by atoms with Crippen molar-refractivity contribution in [3.05, 3.63) is 29.3 Å². The monoisotopic (exact) mass is 222 g/mol. The molecular weight excluding hydrogens is 204 g/mol. The fourth-order valence-electron chi connectivity index (χ4n) is 1.49. The van der Waals surface area contributed by atoms with Gasteiger partial charge in [-0.25, -0.2) is 0 Å². The van der Waals surface area contributed by atoms with E-state index in [4.69, 9.17) is 10.5 Å². The number of ether oxygens (including phenoxy) is 1. The number of carbonyl (C=O) groups is 1. The van der Waals surface area contributed by atoms with Crippen LogP contribution in [0.5, 0.6) is 5.75 Å². The summed E-state index contributed by atoms with van der Waals surface area (Å²) in [6.07, 6.45) is 0.370. The topological polar surface area (TPSA) is 64.3 Å². The van der Waals surface area contributed by atoms with Crippen molar-refractivity contribution < 1.29 is 9.53 Å². The Hall–Kier alpha value is -1.55. The highest BCUT2D eigenvalue weighted by molar-refractivity contribution is 5.73. The van der Waals surface area contributed by atoms with E-state index < -0.39 is 0 Å². The van der Waals surface area contributed by atoms with Crippen molar-refractivity contribution in [2.75, 3.05) is 13.7 Å². The number of nitrogens with two attached hydrogens (primary N) is 1. The molecule has 0 aliphatic carbocycles. The van der Waals surface area contributed by atoms with Crippen LogP contribution in [0.1, 0.15) is 17.5 Å². The van der Waals surface area contributed by atoms with Gasteiger partial charge in [-0.1, -0.05) is 12.1 Å². The first-order chi connectivity index (χ1) is 7.63. The summed E-state index contributed by atoms with van der Waals surface area (Å²) in [5.41, 5.74) is 7.32. The third-order valence-electron chi connectivity index (χ3n) is 2.34. The van der Waals surface area contributed by atoms with Gasteiger partial charge < -0.3 is 15.8 Å². The number of carbonyl (C=O) groups excluding carboxylic acids is 1. The minimum absolute atomic E-state index is 0.279. The van der Waals surface area contributed by atoms with Gasteiger partial charge in [-0.05, 0) is 24.1 Å². The van der Waals surface area contributed by atoms with Crippen LogP contribution >= 0.6 is 0 Å². The lowest BCUT2D eigenvalue weighted by molar-refractivity contribution is -0.117. The smallest absolute Gasteiger partial charge is 0.218 e. The molecule has 0 radical (unpaired) electrons. The van der Waals surface area contributed by atoms with E-state index in [1.807, 2.05) is 19.1 Å². The van der Waals surface area contributed by atoms with Crippen molar-refractivity contribution in [1.82, 2.24) is 5.32 Å². The molecule has 0 heterocycles. The zero-order valence-electron chi connectivity index (χ0n) is 9.75. The van der Waals surface area contributed by atoms with Crippen molar-refractivity contribution in [3.63, 3.8) is 0 Å². The Bertz CT molecular complexity index is 364. The van der Waals surface area contributed by atoms with Gasteiger partial charge in [0.1, 0.15) is 5.75 Å². The molecule has 1 aromatic rings. The molecule has 0 aromatic heterocycles. The van der Waals surface area contributed by atoms with Gasteiger partial charge in [-0.3, -0.25) is 4.79 Å². The molecule has 0 spiro atoms. The predicted octanol–water partition coefficient (Wildman–Crippen LogP) is 0.969. The van der Waals surface area contributed by atoms with E-state index >= 15 is 0 Å². The lowest BCUT2D eigenvalue weighted by Gasteiger charge is -2.08. The average molecular weight is 222 g/mol. The lowest BCUT2D eigenvalue weighted by atomic mass is 10.1. The number of primary amides is 1. The maximum Gasteiger partial charge on any atom is 0.218 e. The molecule has 0 saturated carbocycles. The Balaban J connectivity index is 2.43. The summed E-state index contributed by atoms with van der Waals surface area (Å²) in [4.78, 5) is 10.5. The highest BCUT2D eigenvalue weighted by Crippen LogP contribution is 2.18. The van der Waals surface area contributed by atoms with E-state index in [9.17, 15) is 4.79 Å². The second-order valence-electron chi connectivity index (χ2n) is 3.70. The molecule has 0 unspecified atom stereocenters. The van der Waals surface area contributed by atoms with Crippen LogP contribution in [-0.4, -0.2) is 19.6 Å². The van der Waals surface area contributed by atoms with E-state index in [-0.39, 0.29) is 5.91 Å². The highest BCUT2D eigenvalue weighted by Gasteiger charge is 2.00. The minimum Gasteiger partial charge on any atom is -0.496 e. The van der Waals surface area contributed by atoms with Crippen molar-refractivity contribution in [3.8, 4) is 5.75 Å². The number of benzene rings is 1. The number of hydrogen-bond donors (Lipinski definition) is 2. The van der Waals surface area contributed by atoms with Gasteiger partial charge in [0.2, 0.25) is 5.91 Å². The predicted molar refractivity (Wildman–Crippen MR) is 63.2 cm³/mol. The fourth-order valence-corrected chi connectivity index (χ4v) is 1.49. The molecule has 1 rings (SSSR count). The molecule has 88 valence electrons. The van der Waals surface area contributed by atoms with Crippen LogP contribution in [0.25, 0.3) is 0 Å². The van der Waals surface area contributed by atoms with Crippen LogP contribution in [0.2, 0.25) is 0 Å². The molecule has 4 nitrogen and oxygen atoms in total. The van der Waals surface area contributed by atoms with Crippen LogP contribution < -0.4 is 15.8 Å². The van der Waals surface area contributed by atoms with Gasteiger partial charge >= 0.3 is 0 Å². The molecular formula is C12H18N2O2. The zero-order chi connectivity index (χ0) is 12.0. The summed E-state index contributed by atoms with van der Waals surface area (Å²) in [5, 5.41) is 3.16. The van der Waals surface area contributed by atoms with Gasteiger partial charge in [0.05, 0.1) is 7.11 Å². The Morgan fingerprint density at radius 3 is 2.81 bits per heavy atom. The number of aryl methyl sites for hydroxylation is 1. The first-order valence-corrected chi connectivity index (χ1v) is 5.26. The normalized spacial score (nSPS) is 10.1. The van der Waals surface area contributed by atoms with E-state index in [1.54, 1.807) is 7.11 Å². The summed E-state index contributed by atoms with van der Waals surface area (Å²) in [6, 6.07) is 6.01. The molecule has 4 heteroatoms. The largest absolute Gasteiger partial charge is 0.496 e. The van der Waals surface area contributed by atoms with E-state index in [0.717, 1.165) is 17.9 Å². The summed E-state index contributed by atoms with van der Waals surface area (Å²) in [5.74, 6) is 0.610. The zero-order valence-corrected chi connectivity index (χ0v) is 9.75. The molecule has 3 N–H and O–H groups in total. The van der Waals surface area contributed by atoms with Crippen LogP contribution in [0.3, 0.4) is 0 Å². The van der Waals surface area contributed by atoms with Crippen LogP contribution in [0.15, 0.2) is 18.2 Å². The van der Waals surface area contributed by atoms with Gasteiger partial charge in [-0.2, -0.15) is 0 Å². The fraction of sp³-hybridized carbons (Fsp3) is 0.417. The summed E-state index contributed by atoms with van der Waals surface area (Å²) in [6.45, 7) is 3.35. The summed E-state index contributed by atoms with van der Waals surface area (Å²) < 4.78 is 5.18. The maximum atomic E-state index is 10.5. The van der Waals surface area contributed by atoms with E-state index in [0.29, 0.717) is 13.0 Å². The van der Waals surface area contributed by atoms with Gasteiger partial charge in [0.25, 0.3) is 0 Å². The van der Waals surface area contributed by atoms with Crippen molar-refractivity contribution in [2.45, 2.75) is 19.9 Å². The molecule has 0 fully saturated rings. The molecule has 0 bridgehead atoms. The Morgan fingerprint density at radius 2 is 2.25 bits per heavy atom. The Labute approximate surface area is 95.8 Å². The maximum absolute atomic E-state index is 10.5. The summed E-state index contributed by atoms with van der Waals surface area (Å²) >= 11 is 0. The van der Waals surface area contributed by atoms with Gasteiger partial charge in [0.15, 0.2) is 0 Å². The first kappa shape index (κ1) is 12.5. The quantitative estimate of drug-likeness (QED) is 0.705. The van der Waals surface area contributed by atoms with Crippen LogP contribution in [-0.2, 0) is 11.3 Å².